The minimum Gasteiger partial charge on any atom is -0.478 e. The third-order valence-electron chi connectivity index (χ3n) is 4.46. The molecule has 0 bridgehead atoms. The van der Waals surface area contributed by atoms with Crippen molar-refractivity contribution >= 4 is 25.4 Å². The Morgan fingerprint density at radius 2 is 1.73 bits per heavy atom. The van der Waals surface area contributed by atoms with E-state index >= 15 is 0 Å². The van der Waals surface area contributed by atoms with Crippen LogP contribution in [0.25, 0.3) is 11.1 Å². The zero-order chi connectivity index (χ0) is 21.5. The predicted octanol–water partition coefficient (Wildman–Crippen LogP) is 3.96. The number of carboxylic acid groups (broad SMARTS) is 1. The first-order valence-electron chi connectivity index (χ1n) is 9.22. The molecule has 0 aliphatic heterocycles. The third kappa shape index (κ3) is 4.88. The van der Waals surface area contributed by atoms with Crippen LogP contribution in [-0.4, -0.2) is 38.7 Å². The van der Waals surface area contributed by atoms with E-state index in [9.17, 15) is 14.7 Å². The van der Waals surface area contributed by atoms with E-state index in [0.29, 0.717) is 5.75 Å². The first-order valence-corrected chi connectivity index (χ1v) is 9.22. The van der Waals surface area contributed by atoms with Crippen molar-refractivity contribution in [2.24, 2.45) is 0 Å². The van der Waals surface area contributed by atoms with Crippen molar-refractivity contribution in [3.8, 4) is 16.9 Å². The van der Waals surface area contributed by atoms with Crippen molar-refractivity contribution in [3.05, 3.63) is 83.4 Å². The molecule has 0 saturated heterocycles. The topological polar surface area (TPSA) is 84.9 Å². The summed E-state index contributed by atoms with van der Waals surface area (Å²) in [6.07, 6.45) is 0.245. The van der Waals surface area contributed by atoms with Gasteiger partial charge in [-0.2, -0.15) is 0 Å². The van der Waals surface area contributed by atoms with Crippen LogP contribution in [0.3, 0.4) is 0 Å². The number of carboxylic acids is 1. The molecular weight excluding hydrogens is 381 g/mol. The molecule has 0 spiro atoms. The van der Waals surface area contributed by atoms with E-state index in [0.717, 1.165) is 16.7 Å². The van der Waals surface area contributed by atoms with Gasteiger partial charge in [-0.15, -0.1) is 0 Å². The minimum absolute atomic E-state index is 0.0163. The van der Waals surface area contributed by atoms with E-state index < -0.39 is 11.9 Å². The zero-order valence-electron chi connectivity index (χ0n) is 16.4. The number of hydrogen-bond acceptors (Lipinski definition) is 4. The van der Waals surface area contributed by atoms with Crippen molar-refractivity contribution in [1.82, 2.24) is 0 Å². The molecule has 0 aromatic heterocycles. The van der Waals surface area contributed by atoms with Gasteiger partial charge in [0.05, 0.1) is 24.7 Å². The van der Waals surface area contributed by atoms with Crippen LogP contribution in [0.5, 0.6) is 5.75 Å². The van der Waals surface area contributed by atoms with Crippen molar-refractivity contribution in [1.29, 1.82) is 0 Å². The quantitative estimate of drug-likeness (QED) is 0.441. The highest BCUT2D eigenvalue weighted by Gasteiger charge is 2.18. The van der Waals surface area contributed by atoms with Crippen LogP contribution in [0.15, 0.2) is 66.7 Å². The molecule has 6 nitrogen and oxygen atoms in total. The molecule has 30 heavy (non-hydrogen) atoms. The molecule has 150 valence electrons. The maximum absolute atomic E-state index is 13.0. The maximum atomic E-state index is 13.0. The lowest BCUT2D eigenvalue weighted by atomic mass is 9.95. The molecule has 2 N–H and O–H groups in total. The molecule has 0 unspecified atom stereocenters. The number of carbonyl (C=O) groups excluding carboxylic acids is 1. The second-order valence-corrected chi connectivity index (χ2v) is 6.47. The molecule has 0 heterocycles. The Balaban J connectivity index is 1.98. The molecule has 3 aromatic carbocycles. The van der Waals surface area contributed by atoms with Gasteiger partial charge in [0.1, 0.15) is 5.75 Å². The predicted molar refractivity (Wildman–Crippen MR) is 115 cm³/mol. The molecule has 1 amide bonds. The van der Waals surface area contributed by atoms with Crippen molar-refractivity contribution in [2.75, 3.05) is 19.2 Å². The number of aromatic carboxylic acids is 1. The number of nitrogens with one attached hydrogen (secondary N) is 1. The molecule has 0 atom stereocenters. The SMILES string of the molecule is [B]Cc1ccc(OCOC)c(C(=O)Nc2cc(-c3ccccc3)ccc2C(=O)O)c1. The number of ether oxygens (including phenoxy) is 2. The second-order valence-electron chi connectivity index (χ2n) is 6.47. The molecular formula is C23H20BNO5. The molecule has 2 radical (unpaired) electrons. The Kier molecular flexibility index (Phi) is 6.88. The van der Waals surface area contributed by atoms with Crippen LogP contribution >= 0.6 is 0 Å². The van der Waals surface area contributed by atoms with E-state index in [4.69, 9.17) is 17.3 Å². The summed E-state index contributed by atoms with van der Waals surface area (Å²) in [7, 11) is 7.17. The van der Waals surface area contributed by atoms with Gasteiger partial charge in [0.25, 0.3) is 5.91 Å². The van der Waals surface area contributed by atoms with Crippen molar-refractivity contribution in [2.45, 2.75) is 6.32 Å². The van der Waals surface area contributed by atoms with E-state index in [2.05, 4.69) is 5.32 Å². The Hall–Kier alpha value is -3.58. The fraction of sp³-hybridized carbons (Fsp3) is 0.130. The molecule has 0 aliphatic carbocycles. The average Bonchev–Trinajstić information content (AvgIpc) is 2.77. The molecule has 0 saturated carbocycles. The summed E-state index contributed by atoms with van der Waals surface area (Å²) in [5, 5.41) is 12.3. The fourth-order valence-electron chi connectivity index (χ4n) is 2.96. The first kappa shape index (κ1) is 21.1. The Labute approximate surface area is 175 Å². The van der Waals surface area contributed by atoms with E-state index in [1.54, 1.807) is 30.3 Å². The van der Waals surface area contributed by atoms with E-state index in [1.807, 2.05) is 30.3 Å². The van der Waals surface area contributed by atoms with Gasteiger partial charge in [-0.25, -0.2) is 4.79 Å². The highest BCUT2D eigenvalue weighted by molar-refractivity contribution is 6.11. The van der Waals surface area contributed by atoms with Crippen molar-refractivity contribution in [3.63, 3.8) is 0 Å². The summed E-state index contributed by atoms with van der Waals surface area (Å²) in [4.78, 5) is 24.7. The summed E-state index contributed by atoms with van der Waals surface area (Å²) in [5.41, 5.74) is 2.82. The summed E-state index contributed by atoms with van der Waals surface area (Å²) < 4.78 is 10.4. The molecule has 0 aliphatic rings. The summed E-state index contributed by atoms with van der Waals surface area (Å²) in [6.45, 7) is -0.0356. The van der Waals surface area contributed by atoms with Crippen LogP contribution in [0.4, 0.5) is 5.69 Å². The van der Waals surface area contributed by atoms with Gasteiger partial charge in [0.2, 0.25) is 0 Å². The number of methoxy groups -OCH3 is 1. The zero-order valence-corrected chi connectivity index (χ0v) is 16.4. The fourth-order valence-corrected chi connectivity index (χ4v) is 2.96. The van der Waals surface area contributed by atoms with Crippen LogP contribution < -0.4 is 10.1 Å². The molecule has 7 heteroatoms. The van der Waals surface area contributed by atoms with Crippen LogP contribution in [-0.2, 0) is 11.1 Å². The number of rotatable bonds is 8. The highest BCUT2D eigenvalue weighted by Crippen LogP contribution is 2.28. The van der Waals surface area contributed by atoms with E-state index in [1.165, 1.54) is 13.2 Å². The van der Waals surface area contributed by atoms with Gasteiger partial charge in [0.15, 0.2) is 6.79 Å². The lowest BCUT2D eigenvalue weighted by molar-refractivity contribution is 0.0503. The smallest absolute Gasteiger partial charge is 0.337 e. The summed E-state index contributed by atoms with van der Waals surface area (Å²) in [6, 6.07) is 19.3. The van der Waals surface area contributed by atoms with Gasteiger partial charge in [-0.3, -0.25) is 4.79 Å². The lowest BCUT2D eigenvalue weighted by Gasteiger charge is -2.14. The number of amides is 1. The summed E-state index contributed by atoms with van der Waals surface area (Å²) >= 11 is 0. The Bertz CT molecular complexity index is 1050. The monoisotopic (exact) mass is 401 g/mol. The first-order chi connectivity index (χ1) is 14.5. The maximum Gasteiger partial charge on any atom is 0.337 e. The van der Waals surface area contributed by atoms with Crippen LogP contribution in [0.1, 0.15) is 26.3 Å². The van der Waals surface area contributed by atoms with Gasteiger partial charge in [-0.05, 0) is 35.4 Å². The number of hydrogen-bond donors (Lipinski definition) is 2. The number of benzene rings is 3. The Morgan fingerprint density at radius 3 is 2.40 bits per heavy atom. The van der Waals surface area contributed by atoms with Gasteiger partial charge >= 0.3 is 5.97 Å². The largest absolute Gasteiger partial charge is 0.478 e. The third-order valence-corrected chi connectivity index (χ3v) is 4.46. The number of carbonyl (C=O) groups is 2. The molecule has 3 aromatic rings. The van der Waals surface area contributed by atoms with Crippen LogP contribution in [0.2, 0.25) is 0 Å². The molecule has 0 fully saturated rings. The van der Waals surface area contributed by atoms with Crippen molar-refractivity contribution < 1.29 is 24.2 Å². The van der Waals surface area contributed by atoms with Crippen LogP contribution in [0, 0.1) is 0 Å². The van der Waals surface area contributed by atoms with Gasteiger partial charge in [-0.1, -0.05) is 54.3 Å². The minimum atomic E-state index is -1.14. The molecule has 3 rings (SSSR count). The van der Waals surface area contributed by atoms with E-state index in [-0.39, 0.29) is 29.9 Å². The normalized spacial score (nSPS) is 10.4. The summed E-state index contributed by atoms with van der Waals surface area (Å²) in [5.74, 6) is -1.34. The second kappa shape index (κ2) is 9.76. The van der Waals surface area contributed by atoms with Gasteiger partial charge < -0.3 is 19.9 Å². The highest BCUT2D eigenvalue weighted by atomic mass is 16.7. The number of anilines is 1. The lowest BCUT2D eigenvalue weighted by Crippen LogP contribution is -2.17. The Morgan fingerprint density at radius 1 is 0.967 bits per heavy atom. The van der Waals surface area contributed by atoms with Gasteiger partial charge in [0, 0.05) is 7.11 Å². The average molecular weight is 401 g/mol. The standard InChI is InChI=1S/C23H20BNO5/c1-29-14-30-21-10-7-15(13-24)11-19(21)22(26)25-20-12-17(8-9-18(20)23(27)28)16-5-3-2-4-6-16/h2-12H,13-14H2,1H3,(H,25,26)(H,27,28).